The standard InChI is InChI=1S/C15H24N4O2S/c1-6-18-9-19(7-12(18)20)14(21)16-10(2)13-17-11(8-22-13)15(3,4)5/h8,10H,6-7,9H2,1-5H3,(H,16,21)/t10-/m1/s1. The van der Waals surface area contributed by atoms with E-state index in [4.69, 9.17) is 0 Å². The lowest BCUT2D eigenvalue weighted by Crippen LogP contribution is -2.40. The number of likely N-dealkylation sites (N-methyl/N-ethyl adjacent to an activating group) is 1. The second kappa shape index (κ2) is 6.24. The Bertz CT molecular complexity index is 564. The fourth-order valence-electron chi connectivity index (χ4n) is 2.18. The van der Waals surface area contributed by atoms with Gasteiger partial charge in [0.05, 0.1) is 18.4 Å². The summed E-state index contributed by atoms with van der Waals surface area (Å²) in [7, 11) is 0. The lowest BCUT2D eigenvalue weighted by atomic mass is 9.93. The molecule has 0 spiro atoms. The van der Waals surface area contributed by atoms with Crippen LogP contribution in [0.25, 0.3) is 0 Å². The van der Waals surface area contributed by atoms with Gasteiger partial charge in [0.1, 0.15) is 11.6 Å². The van der Waals surface area contributed by atoms with Crippen LogP contribution in [0.15, 0.2) is 5.38 Å². The number of hydrogen-bond acceptors (Lipinski definition) is 4. The van der Waals surface area contributed by atoms with E-state index in [2.05, 4.69) is 31.1 Å². The van der Waals surface area contributed by atoms with Gasteiger partial charge in [0.25, 0.3) is 0 Å². The Labute approximate surface area is 135 Å². The molecular formula is C15H24N4O2S. The van der Waals surface area contributed by atoms with E-state index >= 15 is 0 Å². The Morgan fingerprint density at radius 1 is 1.50 bits per heavy atom. The maximum absolute atomic E-state index is 12.3. The molecule has 1 fully saturated rings. The zero-order valence-corrected chi connectivity index (χ0v) is 14.7. The van der Waals surface area contributed by atoms with Crippen LogP contribution in [0.1, 0.15) is 51.4 Å². The Morgan fingerprint density at radius 3 is 2.68 bits per heavy atom. The molecule has 1 aromatic heterocycles. The molecule has 6 nitrogen and oxygen atoms in total. The zero-order valence-electron chi connectivity index (χ0n) is 13.8. The first-order chi connectivity index (χ1) is 10.2. The first-order valence-corrected chi connectivity index (χ1v) is 8.39. The SMILES string of the molecule is CCN1CN(C(=O)N[C@H](C)c2nc(C(C)(C)C)cs2)CC1=O. The minimum Gasteiger partial charge on any atom is -0.329 e. The molecule has 1 aliphatic heterocycles. The van der Waals surface area contributed by atoms with E-state index in [-0.39, 0.29) is 29.9 Å². The monoisotopic (exact) mass is 324 g/mol. The molecule has 0 unspecified atom stereocenters. The van der Waals surface area contributed by atoms with Crippen molar-refractivity contribution in [2.75, 3.05) is 19.8 Å². The molecule has 0 aliphatic carbocycles. The Hall–Kier alpha value is -1.63. The number of rotatable bonds is 3. The third-order valence-electron chi connectivity index (χ3n) is 3.69. The minimum absolute atomic E-state index is 0.00147. The van der Waals surface area contributed by atoms with Gasteiger partial charge in [0.15, 0.2) is 0 Å². The van der Waals surface area contributed by atoms with E-state index in [0.29, 0.717) is 13.2 Å². The average molecular weight is 324 g/mol. The highest BCUT2D eigenvalue weighted by molar-refractivity contribution is 7.09. The predicted molar refractivity (Wildman–Crippen MR) is 86.7 cm³/mol. The van der Waals surface area contributed by atoms with Crippen LogP contribution in [0.4, 0.5) is 4.79 Å². The highest BCUT2D eigenvalue weighted by atomic mass is 32.1. The summed E-state index contributed by atoms with van der Waals surface area (Å²) < 4.78 is 0. The second-order valence-corrected chi connectivity index (χ2v) is 7.47. The summed E-state index contributed by atoms with van der Waals surface area (Å²) in [5, 5.41) is 5.85. The molecule has 0 aromatic carbocycles. The van der Waals surface area contributed by atoms with E-state index in [1.54, 1.807) is 16.2 Å². The van der Waals surface area contributed by atoms with Crippen molar-refractivity contribution in [3.8, 4) is 0 Å². The van der Waals surface area contributed by atoms with Crippen molar-refractivity contribution in [1.82, 2.24) is 20.1 Å². The number of nitrogens with one attached hydrogen (secondary N) is 1. The van der Waals surface area contributed by atoms with Crippen molar-refractivity contribution < 1.29 is 9.59 Å². The molecule has 3 amide bonds. The number of carbonyl (C=O) groups excluding carboxylic acids is 2. The van der Waals surface area contributed by atoms with Gasteiger partial charge in [0.2, 0.25) is 5.91 Å². The van der Waals surface area contributed by atoms with Crippen LogP contribution < -0.4 is 5.32 Å². The number of carbonyl (C=O) groups is 2. The molecule has 2 rings (SSSR count). The van der Waals surface area contributed by atoms with Crippen LogP contribution in [-0.2, 0) is 10.2 Å². The molecule has 122 valence electrons. The van der Waals surface area contributed by atoms with Gasteiger partial charge in [-0.15, -0.1) is 11.3 Å². The summed E-state index contributed by atoms with van der Waals surface area (Å²) in [5.41, 5.74) is 1.03. The molecule has 1 aromatic rings. The van der Waals surface area contributed by atoms with Gasteiger partial charge in [-0.05, 0) is 13.8 Å². The van der Waals surface area contributed by atoms with Gasteiger partial charge in [0, 0.05) is 17.3 Å². The number of hydrogen-bond donors (Lipinski definition) is 1. The van der Waals surface area contributed by atoms with Crippen LogP contribution >= 0.6 is 11.3 Å². The van der Waals surface area contributed by atoms with Gasteiger partial charge in [-0.3, -0.25) is 9.69 Å². The smallest absolute Gasteiger partial charge is 0.319 e. The fraction of sp³-hybridized carbons (Fsp3) is 0.667. The highest BCUT2D eigenvalue weighted by Crippen LogP contribution is 2.26. The topological polar surface area (TPSA) is 65.5 Å². The highest BCUT2D eigenvalue weighted by Gasteiger charge is 2.30. The molecule has 1 saturated heterocycles. The minimum atomic E-state index is -0.218. The summed E-state index contributed by atoms with van der Waals surface area (Å²) in [4.78, 5) is 31.7. The Balaban J connectivity index is 1.97. The summed E-state index contributed by atoms with van der Waals surface area (Å²) in [6.45, 7) is 11.3. The van der Waals surface area contributed by atoms with Gasteiger partial charge in [-0.2, -0.15) is 0 Å². The number of aromatic nitrogens is 1. The number of thiazole rings is 1. The van der Waals surface area contributed by atoms with E-state index in [1.165, 1.54) is 4.90 Å². The number of amides is 3. The molecule has 1 N–H and O–H groups in total. The van der Waals surface area contributed by atoms with E-state index in [0.717, 1.165) is 10.7 Å². The second-order valence-electron chi connectivity index (χ2n) is 6.58. The lowest BCUT2D eigenvalue weighted by Gasteiger charge is -2.20. The molecule has 1 atom stereocenters. The fourth-order valence-corrected chi connectivity index (χ4v) is 3.23. The normalized spacial score (nSPS) is 17.0. The molecule has 22 heavy (non-hydrogen) atoms. The van der Waals surface area contributed by atoms with Gasteiger partial charge in [-0.1, -0.05) is 20.8 Å². The Kier molecular flexibility index (Phi) is 4.75. The van der Waals surface area contributed by atoms with Crippen LogP contribution in [-0.4, -0.2) is 46.5 Å². The lowest BCUT2D eigenvalue weighted by molar-refractivity contribution is -0.126. The average Bonchev–Trinajstić information content (AvgIpc) is 3.04. The molecule has 1 aliphatic rings. The third kappa shape index (κ3) is 3.58. The van der Waals surface area contributed by atoms with E-state index in [1.807, 2.05) is 19.2 Å². The molecular weight excluding hydrogens is 300 g/mol. The Morgan fingerprint density at radius 2 is 2.18 bits per heavy atom. The first-order valence-electron chi connectivity index (χ1n) is 7.51. The summed E-state index contributed by atoms with van der Waals surface area (Å²) in [6, 6.07) is -0.385. The quantitative estimate of drug-likeness (QED) is 0.928. The van der Waals surface area contributed by atoms with Crippen LogP contribution in [0.5, 0.6) is 0 Å². The molecule has 0 saturated carbocycles. The zero-order chi connectivity index (χ0) is 16.5. The number of urea groups is 1. The maximum Gasteiger partial charge on any atom is 0.319 e. The molecule has 0 bridgehead atoms. The van der Waals surface area contributed by atoms with Crippen molar-refractivity contribution in [2.45, 2.75) is 46.1 Å². The van der Waals surface area contributed by atoms with Crippen molar-refractivity contribution >= 4 is 23.3 Å². The third-order valence-corrected chi connectivity index (χ3v) is 4.72. The molecule has 7 heteroatoms. The predicted octanol–water partition coefficient (Wildman–Crippen LogP) is 2.33. The first kappa shape index (κ1) is 16.7. The molecule has 0 radical (unpaired) electrons. The van der Waals surface area contributed by atoms with Crippen molar-refractivity contribution in [3.63, 3.8) is 0 Å². The summed E-state index contributed by atoms with van der Waals surface area (Å²) in [6.07, 6.45) is 0. The summed E-state index contributed by atoms with van der Waals surface area (Å²) in [5.74, 6) is -0.00503. The van der Waals surface area contributed by atoms with E-state index in [9.17, 15) is 9.59 Å². The van der Waals surface area contributed by atoms with Gasteiger partial charge >= 0.3 is 6.03 Å². The van der Waals surface area contributed by atoms with Crippen molar-refractivity contribution in [3.05, 3.63) is 16.1 Å². The van der Waals surface area contributed by atoms with Crippen LogP contribution in [0.3, 0.4) is 0 Å². The van der Waals surface area contributed by atoms with Gasteiger partial charge < -0.3 is 10.2 Å². The van der Waals surface area contributed by atoms with Gasteiger partial charge in [-0.25, -0.2) is 9.78 Å². The van der Waals surface area contributed by atoms with Crippen LogP contribution in [0, 0.1) is 0 Å². The number of nitrogens with zero attached hydrogens (tertiary/aromatic N) is 3. The van der Waals surface area contributed by atoms with Crippen molar-refractivity contribution in [1.29, 1.82) is 0 Å². The summed E-state index contributed by atoms with van der Waals surface area (Å²) >= 11 is 1.55. The van der Waals surface area contributed by atoms with Crippen LogP contribution in [0.2, 0.25) is 0 Å². The van der Waals surface area contributed by atoms with E-state index < -0.39 is 0 Å². The maximum atomic E-state index is 12.3. The molecule has 2 heterocycles. The largest absolute Gasteiger partial charge is 0.329 e. The van der Waals surface area contributed by atoms with Crippen molar-refractivity contribution in [2.24, 2.45) is 0 Å².